The van der Waals surface area contributed by atoms with E-state index in [4.69, 9.17) is 0 Å². The Balaban J connectivity index is 1.56. The average molecular weight is 405 g/mol. The van der Waals surface area contributed by atoms with E-state index in [2.05, 4.69) is 10.6 Å². The zero-order valence-corrected chi connectivity index (χ0v) is 17.6. The largest absolute Gasteiger partial charge is 0.325 e. The van der Waals surface area contributed by atoms with Gasteiger partial charge >= 0.3 is 0 Å². The molecule has 0 fully saturated rings. The standard InChI is InChI=1S/C24H24N2O2S/c1-16-7-10-19(11-8-16)24(28)26-20-5-4-6-22(14-20)29-15-23(27)25-21-12-9-17(2)18(3)13-21/h4-14H,15H2,1-3H3,(H,25,27)(H,26,28). The summed E-state index contributed by atoms with van der Waals surface area (Å²) in [5, 5.41) is 5.83. The van der Waals surface area contributed by atoms with Gasteiger partial charge in [0.05, 0.1) is 5.75 Å². The van der Waals surface area contributed by atoms with Crippen molar-refractivity contribution >= 4 is 35.0 Å². The van der Waals surface area contributed by atoms with E-state index in [9.17, 15) is 9.59 Å². The number of thioether (sulfide) groups is 1. The summed E-state index contributed by atoms with van der Waals surface area (Å²) in [5.41, 5.74) is 5.57. The topological polar surface area (TPSA) is 58.2 Å². The van der Waals surface area contributed by atoms with Gasteiger partial charge in [-0.15, -0.1) is 11.8 Å². The smallest absolute Gasteiger partial charge is 0.255 e. The van der Waals surface area contributed by atoms with E-state index in [-0.39, 0.29) is 11.8 Å². The number of nitrogens with one attached hydrogen (secondary N) is 2. The Bertz CT molecular complexity index is 1030. The summed E-state index contributed by atoms with van der Waals surface area (Å²) in [4.78, 5) is 25.5. The van der Waals surface area contributed by atoms with E-state index in [1.165, 1.54) is 17.3 Å². The minimum Gasteiger partial charge on any atom is -0.325 e. The molecule has 0 aliphatic rings. The second-order valence-electron chi connectivity index (χ2n) is 6.98. The first-order valence-corrected chi connectivity index (χ1v) is 10.4. The molecule has 2 amide bonds. The van der Waals surface area contributed by atoms with Crippen LogP contribution in [0.5, 0.6) is 0 Å². The van der Waals surface area contributed by atoms with Gasteiger partial charge in [-0.2, -0.15) is 0 Å². The lowest BCUT2D eigenvalue weighted by atomic mass is 10.1. The molecule has 29 heavy (non-hydrogen) atoms. The van der Waals surface area contributed by atoms with Gasteiger partial charge in [0.15, 0.2) is 0 Å². The number of carbonyl (C=O) groups excluding carboxylic acids is 2. The van der Waals surface area contributed by atoms with E-state index in [1.807, 2.05) is 75.4 Å². The molecule has 2 N–H and O–H groups in total. The number of aryl methyl sites for hydroxylation is 3. The van der Waals surface area contributed by atoms with Crippen LogP contribution in [0.4, 0.5) is 11.4 Å². The highest BCUT2D eigenvalue weighted by Gasteiger charge is 2.08. The average Bonchev–Trinajstić information content (AvgIpc) is 2.70. The van der Waals surface area contributed by atoms with Crippen LogP contribution in [0.25, 0.3) is 0 Å². The summed E-state index contributed by atoms with van der Waals surface area (Å²) >= 11 is 1.43. The van der Waals surface area contributed by atoms with Crippen molar-refractivity contribution in [2.75, 3.05) is 16.4 Å². The van der Waals surface area contributed by atoms with Gasteiger partial charge in [0, 0.05) is 21.8 Å². The van der Waals surface area contributed by atoms with Crippen LogP contribution < -0.4 is 10.6 Å². The maximum Gasteiger partial charge on any atom is 0.255 e. The second-order valence-corrected chi connectivity index (χ2v) is 8.03. The summed E-state index contributed by atoms with van der Waals surface area (Å²) in [6.45, 7) is 6.05. The Morgan fingerprint density at radius 3 is 2.24 bits per heavy atom. The molecule has 0 bridgehead atoms. The SMILES string of the molecule is Cc1ccc(C(=O)Nc2cccc(SCC(=O)Nc3ccc(C)c(C)c3)c2)cc1. The van der Waals surface area contributed by atoms with Gasteiger partial charge in [-0.1, -0.05) is 29.8 Å². The highest BCUT2D eigenvalue weighted by Crippen LogP contribution is 2.23. The molecule has 148 valence electrons. The van der Waals surface area contributed by atoms with Crippen LogP contribution in [-0.2, 0) is 4.79 Å². The summed E-state index contributed by atoms with van der Waals surface area (Å²) in [6, 6.07) is 20.8. The van der Waals surface area contributed by atoms with E-state index >= 15 is 0 Å². The van der Waals surface area contributed by atoms with Gasteiger partial charge in [-0.3, -0.25) is 9.59 Å². The van der Waals surface area contributed by atoms with E-state index < -0.39 is 0 Å². The quantitative estimate of drug-likeness (QED) is 0.526. The molecule has 0 aliphatic heterocycles. The number of benzene rings is 3. The summed E-state index contributed by atoms with van der Waals surface area (Å²) in [6.07, 6.45) is 0. The maximum atomic E-state index is 12.4. The van der Waals surface area contributed by atoms with Crippen molar-refractivity contribution in [2.45, 2.75) is 25.7 Å². The lowest BCUT2D eigenvalue weighted by molar-refractivity contribution is -0.113. The van der Waals surface area contributed by atoms with Crippen molar-refractivity contribution in [3.63, 3.8) is 0 Å². The van der Waals surface area contributed by atoms with Gasteiger partial charge in [0.25, 0.3) is 5.91 Å². The molecule has 0 aliphatic carbocycles. The third kappa shape index (κ3) is 5.96. The van der Waals surface area contributed by atoms with Crippen molar-refractivity contribution in [2.24, 2.45) is 0 Å². The fraction of sp³-hybridized carbons (Fsp3) is 0.167. The molecule has 0 heterocycles. The number of carbonyl (C=O) groups is 2. The van der Waals surface area contributed by atoms with Crippen molar-refractivity contribution in [1.82, 2.24) is 0 Å². The van der Waals surface area contributed by atoms with Gasteiger partial charge < -0.3 is 10.6 Å². The normalized spacial score (nSPS) is 10.4. The summed E-state index contributed by atoms with van der Waals surface area (Å²) in [7, 11) is 0. The highest BCUT2D eigenvalue weighted by molar-refractivity contribution is 8.00. The number of amides is 2. The van der Waals surface area contributed by atoms with Gasteiger partial charge in [-0.25, -0.2) is 0 Å². The zero-order valence-electron chi connectivity index (χ0n) is 16.8. The Morgan fingerprint density at radius 1 is 0.793 bits per heavy atom. The lowest BCUT2D eigenvalue weighted by Crippen LogP contribution is -2.14. The molecule has 0 unspecified atom stereocenters. The molecule has 0 aromatic heterocycles. The minimum absolute atomic E-state index is 0.0626. The maximum absolute atomic E-state index is 12.4. The zero-order chi connectivity index (χ0) is 20.8. The predicted molar refractivity (Wildman–Crippen MR) is 121 cm³/mol. The van der Waals surface area contributed by atoms with Crippen LogP contribution in [0, 0.1) is 20.8 Å². The van der Waals surface area contributed by atoms with Crippen LogP contribution in [0.2, 0.25) is 0 Å². The molecule has 4 nitrogen and oxygen atoms in total. The van der Waals surface area contributed by atoms with Crippen molar-refractivity contribution in [3.05, 3.63) is 89.0 Å². The van der Waals surface area contributed by atoms with Gasteiger partial charge in [-0.05, 0) is 74.4 Å². The lowest BCUT2D eigenvalue weighted by Gasteiger charge is -2.09. The number of hydrogen-bond donors (Lipinski definition) is 2. The van der Waals surface area contributed by atoms with Crippen LogP contribution in [0.15, 0.2) is 71.6 Å². The minimum atomic E-state index is -0.153. The Labute approximate surface area is 175 Å². The van der Waals surface area contributed by atoms with Crippen molar-refractivity contribution in [3.8, 4) is 0 Å². The Morgan fingerprint density at radius 2 is 1.52 bits per heavy atom. The Hall–Kier alpha value is -3.05. The molecule has 3 aromatic rings. The fourth-order valence-corrected chi connectivity index (χ4v) is 3.49. The second kappa shape index (κ2) is 9.43. The predicted octanol–water partition coefficient (Wildman–Crippen LogP) is 5.59. The molecular formula is C24H24N2O2S. The van der Waals surface area contributed by atoms with E-state index in [1.54, 1.807) is 12.1 Å². The Kier molecular flexibility index (Phi) is 6.73. The number of anilines is 2. The monoisotopic (exact) mass is 404 g/mol. The molecule has 0 atom stereocenters. The van der Waals surface area contributed by atoms with Crippen LogP contribution in [-0.4, -0.2) is 17.6 Å². The molecular weight excluding hydrogens is 380 g/mol. The van der Waals surface area contributed by atoms with Crippen LogP contribution >= 0.6 is 11.8 Å². The molecule has 0 saturated carbocycles. The summed E-state index contributed by atoms with van der Waals surface area (Å²) < 4.78 is 0. The molecule has 5 heteroatoms. The first-order chi connectivity index (χ1) is 13.9. The van der Waals surface area contributed by atoms with E-state index in [0.29, 0.717) is 17.0 Å². The molecule has 0 spiro atoms. The van der Waals surface area contributed by atoms with Crippen LogP contribution in [0.1, 0.15) is 27.0 Å². The molecule has 3 aromatic carbocycles. The van der Waals surface area contributed by atoms with Gasteiger partial charge in [0.2, 0.25) is 5.91 Å². The summed E-state index contributed by atoms with van der Waals surface area (Å²) in [5.74, 6) is 0.0782. The van der Waals surface area contributed by atoms with Crippen LogP contribution in [0.3, 0.4) is 0 Å². The fourth-order valence-electron chi connectivity index (χ4n) is 2.74. The third-order valence-corrected chi connectivity index (χ3v) is 5.56. The number of hydrogen-bond acceptors (Lipinski definition) is 3. The third-order valence-electron chi connectivity index (χ3n) is 4.57. The first kappa shape index (κ1) is 20.7. The van der Waals surface area contributed by atoms with E-state index in [0.717, 1.165) is 21.7 Å². The number of rotatable bonds is 6. The first-order valence-electron chi connectivity index (χ1n) is 9.39. The molecule has 0 saturated heterocycles. The van der Waals surface area contributed by atoms with Crippen molar-refractivity contribution < 1.29 is 9.59 Å². The van der Waals surface area contributed by atoms with Crippen molar-refractivity contribution in [1.29, 1.82) is 0 Å². The highest BCUT2D eigenvalue weighted by atomic mass is 32.2. The van der Waals surface area contributed by atoms with Gasteiger partial charge in [0.1, 0.15) is 0 Å². The molecule has 3 rings (SSSR count). The molecule has 0 radical (unpaired) electrons.